The van der Waals surface area contributed by atoms with Crippen LogP contribution in [-0.4, -0.2) is 132 Å². The van der Waals surface area contributed by atoms with Crippen molar-refractivity contribution in [1.82, 2.24) is 4.90 Å². The van der Waals surface area contributed by atoms with E-state index in [2.05, 4.69) is 4.99 Å². The molecule has 3 N–H and O–H groups in total. The van der Waals surface area contributed by atoms with Crippen molar-refractivity contribution in [3.05, 3.63) is 53.6 Å². The molecule has 0 aromatic heterocycles. The topological polar surface area (TPSA) is 174 Å². The van der Waals surface area contributed by atoms with E-state index in [0.717, 1.165) is 5.56 Å². The second-order valence-corrected chi connectivity index (χ2v) is 16.5. The van der Waals surface area contributed by atoms with E-state index in [1.807, 2.05) is 88.3 Å². The van der Waals surface area contributed by atoms with Crippen LogP contribution in [0.5, 0.6) is 0 Å². The zero-order valence-electron chi connectivity index (χ0n) is 34.7. The number of hydrogen-bond donors (Lipinski definition) is 3. The number of Topliss-reactive ketones (excluding diaryl/α,β-unsaturated/α-hetero) is 1. The molecule has 3 heterocycles. The zero-order chi connectivity index (χ0) is 41.5. The highest BCUT2D eigenvalue weighted by Crippen LogP contribution is 2.40. The number of benzene rings is 1. The van der Waals surface area contributed by atoms with Gasteiger partial charge in [-0.15, -0.1) is 0 Å². The van der Waals surface area contributed by atoms with Gasteiger partial charge in [0, 0.05) is 23.6 Å². The number of aliphatic imine (C=N–C) groups is 1. The predicted octanol–water partition coefficient (Wildman–Crippen LogP) is 4.16. The van der Waals surface area contributed by atoms with E-state index in [1.165, 1.54) is 13.8 Å². The van der Waals surface area contributed by atoms with Gasteiger partial charge < -0.3 is 43.9 Å². The van der Waals surface area contributed by atoms with Gasteiger partial charge >= 0.3 is 5.97 Å². The summed E-state index contributed by atoms with van der Waals surface area (Å²) in [6, 6.07) is 9.44. The van der Waals surface area contributed by atoms with Gasteiger partial charge in [-0.3, -0.25) is 14.4 Å². The van der Waals surface area contributed by atoms with Crippen molar-refractivity contribution in [2.24, 2.45) is 28.7 Å². The molecule has 0 radical (unpaired) electrons. The predicted molar refractivity (Wildman–Crippen MR) is 212 cm³/mol. The summed E-state index contributed by atoms with van der Waals surface area (Å²) in [4.78, 5) is 47.5. The smallest absolute Gasteiger partial charge is 0.316 e. The number of rotatable bonds is 7. The van der Waals surface area contributed by atoms with E-state index in [-0.39, 0.29) is 38.2 Å². The van der Waals surface area contributed by atoms with Crippen molar-refractivity contribution in [1.29, 1.82) is 0 Å². The number of nitrogens with zero attached hydrogens (tertiary/aromatic N) is 2. The average molecular weight is 785 g/mol. The minimum atomic E-state index is -1.84. The lowest BCUT2D eigenvalue weighted by Gasteiger charge is -2.47. The van der Waals surface area contributed by atoms with Gasteiger partial charge in [0.15, 0.2) is 12.1 Å². The zero-order valence-corrected chi connectivity index (χ0v) is 34.7. The Morgan fingerprint density at radius 2 is 1.73 bits per heavy atom. The number of allylic oxidation sites excluding steroid dienone is 2. The molecule has 13 nitrogen and oxygen atoms in total. The number of cyclic esters (lactones) is 1. The third-order valence-electron chi connectivity index (χ3n) is 11.7. The van der Waals surface area contributed by atoms with Crippen molar-refractivity contribution >= 4 is 29.4 Å². The number of fused-ring (bicyclic) bond motifs is 5. The van der Waals surface area contributed by atoms with Crippen LogP contribution in [0, 0.1) is 23.7 Å². The molecule has 0 aliphatic carbocycles. The van der Waals surface area contributed by atoms with Crippen LogP contribution in [0.3, 0.4) is 0 Å². The van der Waals surface area contributed by atoms with Crippen LogP contribution in [0.2, 0.25) is 0 Å². The van der Waals surface area contributed by atoms with E-state index in [9.17, 15) is 29.7 Å². The van der Waals surface area contributed by atoms with Gasteiger partial charge in [0.25, 0.3) is 5.91 Å². The molecular formula is C43H64N2O11. The van der Waals surface area contributed by atoms with Crippen molar-refractivity contribution in [3.63, 3.8) is 0 Å². The van der Waals surface area contributed by atoms with E-state index >= 15 is 0 Å². The van der Waals surface area contributed by atoms with Gasteiger partial charge in [-0.1, -0.05) is 76.3 Å². The van der Waals surface area contributed by atoms with Crippen molar-refractivity contribution in [2.75, 3.05) is 33.9 Å². The lowest BCUT2D eigenvalue weighted by atomic mass is 9.73. The highest BCUT2D eigenvalue weighted by atomic mass is 16.7. The Morgan fingerprint density at radius 1 is 1.05 bits per heavy atom. The Labute approximate surface area is 332 Å². The van der Waals surface area contributed by atoms with Crippen LogP contribution >= 0.6 is 0 Å². The van der Waals surface area contributed by atoms with E-state index in [4.69, 9.17) is 23.7 Å². The molecule has 13 atom stereocenters. The minimum absolute atomic E-state index is 0.00139. The minimum Gasteiger partial charge on any atom is -0.459 e. The van der Waals surface area contributed by atoms with Gasteiger partial charge in [0.1, 0.15) is 30.3 Å². The van der Waals surface area contributed by atoms with E-state index in [0.29, 0.717) is 17.7 Å². The summed E-state index contributed by atoms with van der Waals surface area (Å²) in [6.07, 6.45) is 0.657. The Kier molecular flexibility index (Phi) is 15.9. The Balaban J connectivity index is 1.98. The number of carbonyl (C=O) groups excluding carboxylic acids is 3. The average Bonchev–Trinajstić information content (AvgIpc) is 3.17. The molecule has 3 aliphatic rings. The normalized spacial score (nSPS) is 39.6. The van der Waals surface area contributed by atoms with Crippen LogP contribution in [0.25, 0.3) is 6.08 Å². The van der Waals surface area contributed by atoms with Crippen molar-refractivity contribution in [3.8, 4) is 0 Å². The summed E-state index contributed by atoms with van der Waals surface area (Å²) in [5.41, 5.74) is -1.23. The molecule has 4 rings (SSSR count). The molecule has 1 aromatic carbocycles. The largest absolute Gasteiger partial charge is 0.459 e. The fourth-order valence-electron chi connectivity index (χ4n) is 8.53. The number of aliphatic hydroxyl groups excluding tert-OH is 2. The van der Waals surface area contributed by atoms with Crippen molar-refractivity contribution in [2.45, 2.75) is 129 Å². The van der Waals surface area contributed by atoms with Gasteiger partial charge in [-0.25, -0.2) is 4.99 Å². The van der Waals surface area contributed by atoms with Crippen LogP contribution in [0.4, 0.5) is 0 Å². The molecule has 3 saturated heterocycles. The van der Waals surface area contributed by atoms with Gasteiger partial charge in [-0.05, 0) is 78.1 Å². The summed E-state index contributed by atoms with van der Waals surface area (Å²) in [6.45, 7) is 12.9. The number of carbonyl (C=O) groups is 3. The molecule has 1 aromatic rings. The second-order valence-electron chi connectivity index (χ2n) is 16.5. The first-order chi connectivity index (χ1) is 26.3. The van der Waals surface area contributed by atoms with E-state index in [1.54, 1.807) is 20.8 Å². The fourth-order valence-corrected chi connectivity index (χ4v) is 8.53. The number of aliphatic hydroxyl groups is 3. The van der Waals surface area contributed by atoms with Gasteiger partial charge in [0.2, 0.25) is 0 Å². The molecule has 56 heavy (non-hydrogen) atoms. The number of esters is 1. The first kappa shape index (κ1) is 45.6. The molecule has 0 saturated carbocycles. The highest BCUT2D eigenvalue weighted by Gasteiger charge is 2.53. The third kappa shape index (κ3) is 10.7. The maximum Gasteiger partial charge on any atom is 0.316 e. The Hall–Kier alpha value is -3.14. The molecule has 1 amide bonds. The summed E-state index contributed by atoms with van der Waals surface area (Å²) < 4.78 is 32.5. The number of likely N-dealkylation sites (N-methyl/N-ethyl adjacent to an activating group) is 1. The molecule has 3 aliphatic heterocycles. The summed E-state index contributed by atoms with van der Waals surface area (Å²) in [5, 5.41) is 33.9. The van der Waals surface area contributed by atoms with Gasteiger partial charge in [-0.2, -0.15) is 0 Å². The second kappa shape index (κ2) is 19.5. The van der Waals surface area contributed by atoms with Gasteiger partial charge in [0.05, 0.1) is 37.1 Å². The Morgan fingerprint density at radius 3 is 2.36 bits per heavy atom. The number of ether oxygens (including phenoxy) is 5. The third-order valence-corrected chi connectivity index (χ3v) is 11.7. The lowest BCUT2D eigenvalue weighted by Crippen LogP contribution is -2.60. The molecule has 312 valence electrons. The molecule has 5 unspecified atom stereocenters. The highest BCUT2D eigenvalue weighted by molar-refractivity contribution is 6.00. The molecule has 3 fully saturated rings. The summed E-state index contributed by atoms with van der Waals surface area (Å²) in [5.74, 6) is -5.69. The van der Waals surface area contributed by atoms with Crippen LogP contribution in [0.1, 0.15) is 80.2 Å². The van der Waals surface area contributed by atoms with Crippen LogP contribution in [-0.2, 0) is 38.1 Å². The van der Waals surface area contributed by atoms with Crippen molar-refractivity contribution < 1.29 is 53.4 Å². The monoisotopic (exact) mass is 784 g/mol. The summed E-state index contributed by atoms with van der Waals surface area (Å²) >= 11 is 0. The standard InChI is InChI=1S/C43H64N2O11/c1-11-33-43(8,51)39-27(4)35(44-34(47)22-46)25(2)21-42(7,53-24-31(23-52-39)19-15-18-30-16-13-12-14-17-30)38(28(5)36(48)29(6)40(50)55-33)56-41-37(49)32(45(9)10)20-26(3)54-41/h12-19,25-29,32-33,37-39,41,46,49,51H,11,20-24H2,1-10H3/b18-15+,31-19-,44-35?/t25?,26-,27?,28+,29-,32+,33+,37?,38?,39?,41+,42-,43-/m1/s1. The molecule has 0 spiro atoms. The molecular weight excluding hydrogens is 720 g/mol. The number of hydrogen-bond acceptors (Lipinski definition) is 12. The first-order valence-corrected chi connectivity index (χ1v) is 19.8. The summed E-state index contributed by atoms with van der Waals surface area (Å²) in [7, 11) is 3.73. The maximum atomic E-state index is 14.5. The quantitative estimate of drug-likeness (QED) is 0.267. The number of ketones is 1. The fraction of sp³-hybridized carbons (Fsp3) is 0.674. The lowest BCUT2D eigenvalue weighted by molar-refractivity contribution is -0.296. The van der Waals surface area contributed by atoms with Crippen LogP contribution in [0.15, 0.2) is 53.0 Å². The Bertz CT molecular complexity index is 1590. The molecule has 13 heteroatoms. The number of amides is 1. The molecule has 2 bridgehead atoms. The maximum absolute atomic E-state index is 14.5. The first-order valence-electron chi connectivity index (χ1n) is 19.8. The van der Waals surface area contributed by atoms with E-state index < -0.39 is 89.8 Å². The SMILES string of the molecule is CC[C@@H]1OC(=O)[C@H](C)C(=O)[C@H](C)C(O[C@@H]2O[C@H](C)C[C@H](N(C)C)C2O)[C@@]2(C)CC(C)C(=NC(=O)CO)C(C)C(OC/C(=C/C=C/c3ccccc3)CO2)[C@]1(C)O. The van der Waals surface area contributed by atoms with Crippen LogP contribution < -0.4 is 0 Å².